The van der Waals surface area contributed by atoms with Crippen molar-refractivity contribution in [3.05, 3.63) is 46.8 Å². The number of aryl methyl sites for hydroxylation is 1. The summed E-state index contributed by atoms with van der Waals surface area (Å²) in [6.07, 6.45) is 5.30. The third kappa shape index (κ3) is 4.03. The summed E-state index contributed by atoms with van der Waals surface area (Å²) in [4.78, 5) is 22.9. The van der Waals surface area contributed by atoms with Crippen LogP contribution in [0.3, 0.4) is 0 Å². The number of carboxylic acid groups (broad SMARTS) is 1. The molecule has 3 rings (SSSR count). The van der Waals surface area contributed by atoms with Gasteiger partial charge in [0.2, 0.25) is 0 Å². The van der Waals surface area contributed by atoms with Crippen molar-refractivity contribution in [3.63, 3.8) is 0 Å². The van der Waals surface area contributed by atoms with Crippen molar-refractivity contribution in [2.45, 2.75) is 25.7 Å². The molecule has 0 radical (unpaired) electrons. The maximum absolute atomic E-state index is 12.3. The van der Waals surface area contributed by atoms with Crippen LogP contribution in [0.25, 0.3) is 0 Å². The molecule has 0 saturated carbocycles. The molecule has 0 saturated heterocycles. The maximum Gasteiger partial charge on any atom is 0.341 e. The van der Waals surface area contributed by atoms with Gasteiger partial charge in [-0.05, 0) is 37.8 Å². The van der Waals surface area contributed by atoms with Crippen molar-refractivity contribution in [3.8, 4) is 5.75 Å². The lowest BCUT2D eigenvalue weighted by atomic mass is 9.96. The molecule has 0 aliphatic heterocycles. The van der Waals surface area contributed by atoms with E-state index in [0.29, 0.717) is 17.0 Å². The molecule has 3 N–H and O–H groups in total. The lowest BCUT2D eigenvalue weighted by molar-refractivity contribution is -0.139. The van der Waals surface area contributed by atoms with E-state index in [-0.39, 0.29) is 5.91 Å². The van der Waals surface area contributed by atoms with E-state index < -0.39 is 12.6 Å². The Morgan fingerprint density at radius 2 is 2.12 bits per heavy atom. The molecule has 130 valence electrons. The van der Waals surface area contributed by atoms with Gasteiger partial charge in [0.25, 0.3) is 5.91 Å². The van der Waals surface area contributed by atoms with Crippen molar-refractivity contribution in [1.29, 1.82) is 0 Å². The molecule has 0 unspecified atom stereocenters. The summed E-state index contributed by atoms with van der Waals surface area (Å²) in [6.45, 7) is -0.448. The number of hydrogen-bond acceptors (Lipinski definition) is 5. The normalized spacial score (nSPS) is 13.4. The van der Waals surface area contributed by atoms with Gasteiger partial charge in [0.1, 0.15) is 5.75 Å². The van der Waals surface area contributed by atoms with Crippen LogP contribution in [0.1, 0.15) is 40.2 Å². The van der Waals surface area contributed by atoms with E-state index in [2.05, 4.69) is 20.7 Å². The highest BCUT2D eigenvalue weighted by molar-refractivity contribution is 5.95. The minimum Gasteiger partial charge on any atom is -0.481 e. The second-order valence-corrected chi connectivity index (χ2v) is 5.66. The number of fused-ring (bicyclic) bond motifs is 1. The molecule has 0 atom stereocenters. The fraction of sp³-hybridized carbons (Fsp3) is 0.294. The SMILES string of the molecule is O=C(O)COc1ccccc1/C=N\NC(=O)c1n[nH]c2c1CCCC2. The van der Waals surface area contributed by atoms with E-state index in [1.807, 2.05) is 0 Å². The van der Waals surface area contributed by atoms with E-state index in [4.69, 9.17) is 9.84 Å². The Bertz CT molecular complexity index is 813. The number of benzene rings is 1. The minimum atomic E-state index is -1.07. The summed E-state index contributed by atoms with van der Waals surface area (Å²) >= 11 is 0. The summed E-state index contributed by atoms with van der Waals surface area (Å²) in [7, 11) is 0. The van der Waals surface area contributed by atoms with Crippen LogP contribution in [-0.2, 0) is 17.6 Å². The molecule has 25 heavy (non-hydrogen) atoms. The Morgan fingerprint density at radius 3 is 2.96 bits per heavy atom. The molecular formula is C17H18N4O4. The number of carbonyl (C=O) groups is 2. The number of ether oxygens (including phenoxy) is 1. The van der Waals surface area contributed by atoms with Crippen LogP contribution in [-0.4, -0.2) is 40.0 Å². The van der Waals surface area contributed by atoms with Gasteiger partial charge in [0.15, 0.2) is 12.3 Å². The molecule has 1 heterocycles. The number of amides is 1. The first-order valence-corrected chi connectivity index (χ1v) is 7.98. The number of hydrogen-bond donors (Lipinski definition) is 3. The largest absolute Gasteiger partial charge is 0.481 e. The number of carbonyl (C=O) groups excluding carboxylic acids is 1. The smallest absolute Gasteiger partial charge is 0.341 e. The van der Waals surface area contributed by atoms with Crippen LogP contribution < -0.4 is 10.2 Å². The van der Waals surface area contributed by atoms with Crippen molar-refractivity contribution in [2.75, 3.05) is 6.61 Å². The van der Waals surface area contributed by atoms with Crippen LogP contribution in [0, 0.1) is 0 Å². The number of rotatable bonds is 6. The van der Waals surface area contributed by atoms with Crippen LogP contribution in [0.2, 0.25) is 0 Å². The Morgan fingerprint density at radius 1 is 1.32 bits per heavy atom. The van der Waals surface area contributed by atoms with Gasteiger partial charge in [-0.2, -0.15) is 10.2 Å². The highest BCUT2D eigenvalue weighted by Gasteiger charge is 2.21. The number of aromatic amines is 1. The van der Waals surface area contributed by atoms with Crippen LogP contribution >= 0.6 is 0 Å². The molecule has 0 spiro atoms. The van der Waals surface area contributed by atoms with E-state index in [1.54, 1.807) is 24.3 Å². The summed E-state index contributed by atoms with van der Waals surface area (Å²) in [5.41, 5.74) is 5.38. The van der Waals surface area contributed by atoms with E-state index >= 15 is 0 Å². The zero-order valence-electron chi connectivity index (χ0n) is 13.5. The van der Waals surface area contributed by atoms with E-state index in [9.17, 15) is 9.59 Å². The first-order chi connectivity index (χ1) is 12.1. The third-order valence-corrected chi connectivity index (χ3v) is 3.91. The average molecular weight is 342 g/mol. The lowest BCUT2D eigenvalue weighted by Crippen LogP contribution is -2.20. The van der Waals surface area contributed by atoms with Gasteiger partial charge >= 0.3 is 5.97 Å². The third-order valence-electron chi connectivity index (χ3n) is 3.91. The van der Waals surface area contributed by atoms with E-state index in [0.717, 1.165) is 36.9 Å². The maximum atomic E-state index is 12.3. The number of para-hydroxylation sites is 1. The van der Waals surface area contributed by atoms with Crippen LogP contribution in [0.5, 0.6) is 5.75 Å². The number of nitrogens with zero attached hydrogens (tertiary/aromatic N) is 2. The molecule has 1 amide bonds. The van der Waals surface area contributed by atoms with Crippen LogP contribution in [0.4, 0.5) is 0 Å². The average Bonchev–Trinajstić information content (AvgIpc) is 3.05. The molecule has 8 heteroatoms. The van der Waals surface area contributed by atoms with Gasteiger partial charge in [0.05, 0.1) is 6.21 Å². The zero-order valence-corrected chi connectivity index (χ0v) is 13.5. The van der Waals surface area contributed by atoms with Gasteiger partial charge in [-0.25, -0.2) is 10.2 Å². The highest BCUT2D eigenvalue weighted by atomic mass is 16.5. The first-order valence-electron chi connectivity index (χ1n) is 7.98. The molecule has 0 fully saturated rings. The lowest BCUT2D eigenvalue weighted by Gasteiger charge is -2.10. The standard InChI is InChI=1S/C17H18N4O4/c22-15(23)10-25-14-8-4-1-5-11(14)9-18-21-17(24)16-12-6-2-3-7-13(12)19-20-16/h1,4-5,8-9H,2-3,6-7,10H2,(H,19,20)(H,21,24)(H,22,23)/b18-9-. The molecular weight excluding hydrogens is 324 g/mol. The predicted octanol–water partition coefficient (Wildman–Crippen LogP) is 1.52. The van der Waals surface area contributed by atoms with Crippen LogP contribution in [0.15, 0.2) is 29.4 Å². The number of aliphatic carboxylic acids is 1. The quantitative estimate of drug-likeness (QED) is 0.543. The van der Waals surface area contributed by atoms with Gasteiger partial charge in [0, 0.05) is 16.8 Å². The Kier molecular flexibility index (Phi) is 5.08. The molecule has 8 nitrogen and oxygen atoms in total. The Labute approximate surface area is 143 Å². The Hall–Kier alpha value is -3.16. The summed E-state index contributed by atoms with van der Waals surface area (Å²) in [5.74, 6) is -1.07. The zero-order chi connectivity index (χ0) is 17.6. The molecule has 1 aliphatic carbocycles. The van der Waals surface area contributed by atoms with Crippen molar-refractivity contribution in [1.82, 2.24) is 15.6 Å². The molecule has 2 aromatic rings. The number of H-pyrrole nitrogens is 1. The number of hydrazone groups is 1. The summed E-state index contributed by atoms with van der Waals surface area (Å²) < 4.78 is 5.18. The molecule has 1 aromatic heterocycles. The molecule has 0 bridgehead atoms. The Balaban J connectivity index is 1.66. The molecule has 1 aliphatic rings. The number of aromatic nitrogens is 2. The monoisotopic (exact) mass is 342 g/mol. The second-order valence-electron chi connectivity index (χ2n) is 5.66. The van der Waals surface area contributed by atoms with Crippen molar-refractivity contribution >= 4 is 18.1 Å². The summed E-state index contributed by atoms with van der Waals surface area (Å²) in [5, 5.41) is 19.6. The van der Waals surface area contributed by atoms with Crippen molar-refractivity contribution in [2.24, 2.45) is 5.10 Å². The topological polar surface area (TPSA) is 117 Å². The predicted molar refractivity (Wildman–Crippen MR) is 89.9 cm³/mol. The molecule has 1 aromatic carbocycles. The first kappa shape index (κ1) is 16.7. The summed E-state index contributed by atoms with van der Waals surface area (Å²) in [6, 6.07) is 6.84. The number of nitrogens with one attached hydrogen (secondary N) is 2. The fourth-order valence-corrected chi connectivity index (χ4v) is 2.74. The van der Waals surface area contributed by atoms with Gasteiger partial charge in [-0.15, -0.1) is 0 Å². The second kappa shape index (κ2) is 7.61. The van der Waals surface area contributed by atoms with E-state index in [1.165, 1.54) is 6.21 Å². The minimum absolute atomic E-state index is 0.375. The highest BCUT2D eigenvalue weighted by Crippen LogP contribution is 2.22. The van der Waals surface area contributed by atoms with Gasteiger partial charge in [-0.1, -0.05) is 12.1 Å². The van der Waals surface area contributed by atoms with Gasteiger partial charge in [-0.3, -0.25) is 9.89 Å². The number of carboxylic acids is 1. The fourth-order valence-electron chi connectivity index (χ4n) is 2.74. The van der Waals surface area contributed by atoms with Gasteiger partial charge < -0.3 is 9.84 Å². The van der Waals surface area contributed by atoms with Crippen molar-refractivity contribution < 1.29 is 19.4 Å².